The highest BCUT2D eigenvalue weighted by atomic mass is 35.5. The van der Waals surface area contributed by atoms with Crippen LogP contribution in [0.15, 0.2) is 78.9 Å². The topological polar surface area (TPSA) is 88.1 Å². The number of hydrogen-bond donors (Lipinski definition) is 2. The molecular weight excluding hydrogens is 575 g/mol. The predicted molar refractivity (Wildman–Crippen MR) is 155 cm³/mol. The van der Waals surface area contributed by atoms with Crippen molar-refractivity contribution in [3.8, 4) is 17.2 Å². The van der Waals surface area contributed by atoms with Gasteiger partial charge >= 0.3 is 0 Å². The lowest BCUT2D eigenvalue weighted by Crippen LogP contribution is -2.48. The molecule has 3 unspecified atom stereocenters. The van der Waals surface area contributed by atoms with Gasteiger partial charge in [0.1, 0.15) is 5.75 Å². The third-order valence-electron chi connectivity index (χ3n) is 7.57. The van der Waals surface area contributed by atoms with Gasteiger partial charge < -0.3 is 14.6 Å². The molecule has 10 heteroatoms. The van der Waals surface area contributed by atoms with Gasteiger partial charge in [-0.05, 0) is 65.6 Å². The third-order valence-corrected chi connectivity index (χ3v) is 8.41. The minimum absolute atomic E-state index is 0.0458. The molecule has 0 saturated carbocycles. The van der Waals surface area contributed by atoms with Crippen LogP contribution in [0.1, 0.15) is 23.5 Å². The maximum absolute atomic E-state index is 14.7. The van der Waals surface area contributed by atoms with E-state index in [1.54, 1.807) is 61.7 Å². The summed E-state index contributed by atoms with van der Waals surface area (Å²) < 4.78 is 10.7. The fourth-order valence-electron chi connectivity index (χ4n) is 5.77. The zero-order valence-electron chi connectivity index (χ0n) is 21.6. The van der Waals surface area contributed by atoms with E-state index < -0.39 is 29.1 Å². The van der Waals surface area contributed by atoms with Crippen LogP contribution in [0, 0.1) is 5.92 Å². The number of phenols is 1. The van der Waals surface area contributed by atoms with Crippen molar-refractivity contribution >= 4 is 52.3 Å². The first-order valence-corrected chi connectivity index (χ1v) is 13.4. The van der Waals surface area contributed by atoms with Crippen molar-refractivity contribution in [3.63, 3.8) is 0 Å². The van der Waals surface area contributed by atoms with E-state index >= 15 is 0 Å². The Labute approximate surface area is 246 Å². The van der Waals surface area contributed by atoms with Gasteiger partial charge in [0.05, 0.1) is 41.3 Å². The Bertz CT molecular complexity index is 1560. The highest BCUT2D eigenvalue weighted by molar-refractivity contribution is 6.36. The number of benzene rings is 3. The molecule has 206 valence electrons. The number of amides is 2. The van der Waals surface area contributed by atoms with Gasteiger partial charge in [0.15, 0.2) is 11.5 Å². The van der Waals surface area contributed by atoms with Crippen LogP contribution in [0.25, 0.3) is 0 Å². The number of rotatable bonds is 7. The largest absolute Gasteiger partial charge is 0.503 e. The molecule has 0 bridgehead atoms. The zero-order valence-corrected chi connectivity index (χ0v) is 23.8. The Morgan fingerprint density at radius 2 is 1.75 bits per heavy atom. The van der Waals surface area contributed by atoms with E-state index in [9.17, 15) is 14.7 Å². The Kier molecular flexibility index (Phi) is 7.48. The molecule has 7 nitrogen and oxygen atoms in total. The zero-order chi connectivity index (χ0) is 28.8. The number of aromatic hydroxyl groups is 1. The second-order valence-electron chi connectivity index (χ2n) is 9.50. The number of nitrogens with zero attached hydrogens (tertiary/aromatic N) is 1. The maximum Gasteiger partial charge on any atom is 0.260 e. The van der Waals surface area contributed by atoms with Crippen LogP contribution in [0.5, 0.6) is 17.2 Å². The van der Waals surface area contributed by atoms with Gasteiger partial charge in [0.2, 0.25) is 0 Å². The normalized spacial score (nSPS) is 22.0. The summed E-state index contributed by atoms with van der Waals surface area (Å²) in [6.07, 6.45) is 3.86. The molecule has 5 rings (SSSR count). The summed E-state index contributed by atoms with van der Waals surface area (Å²) in [6, 6.07) is 15.0. The number of ether oxygens (including phenoxy) is 2. The Morgan fingerprint density at radius 1 is 1.02 bits per heavy atom. The summed E-state index contributed by atoms with van der Waals surface area (Å²) in [7, 11) is 2.96. The molecule has 1 heterocycles. The van der Waals surface area contributed by atoms with E-state index in [2.05, 4.69) is 12.0 Å². The average Bonchev–Trinajstić information content (AvgIpc) is 3.17. The summed E-state index contributed by atoms with van der Waals surface area (Å²) in [5.41, 5.74) is 3.76. The lowest BCUT2D eigenvalue weighted by molar-refractivity contribution is -0.138. The summed E-state index contributed by atoms with van der Waals surface area (Å²) in [6.45, 7) is 4.00. The first-order valence-electron chi connectivity index (χ1n) is 12.3. The fraction of sp³-hybridized carbons (Fsp3) is 0.200. The van der Waals surface area contributed by atoms with Gasteiger partial charge in [-0.2, -0.15) is 5.01 Å². The maximum atomic E-state index is 14.7. The number of hydrazine groups is 1. The molecule has 0 aromatic heterocycles. The van der Waals surface area contributed by atoms with E-state index in [1.165, 1.54) is 13.2 Å². The van der Waals surface area contributed by atoms with Crippen LogP contribution >= 0.6 is 34.8 Å². The number of phenolic OH excluding ortho intramolecular Hbond substituents is 1. The van der Waals surface area contributed by atoms with Crippen molar-refractivity contribution in [3.05, 3.63) is 105 Å². The Balaban J connectivity index is 1.76. The third kappa shape index (κ3) is 4.29. The molecule has 1 saturated heterocycles. The van der Waals surface area contributed by atoms with Crippen LogP contribution in [0.3, 0.4) is 0 Å². The lowest BCUT2D eigenvalue weighted by atomic mass is 9.56. The molecule has 2 amide bonds. The minimum atomic E-state index is -1.42. The first-order chi connectivity index (χ1) is 19.2. The number of anilines is 1. The molecule has 0 radical (unpaired) electrons. The highest BCUT2D eigenvalue weighted by Gasteiger charge is 2.66. The second kappa shape index (κ2) is 10.7. The number of imide groups is 1. The van der Waals surface area contributed by atoms with E-state index in [4.69, 9.17) is 44.3 Å². The van der Waals surface area contributed by atoms with Gasteiger partial charge in [0.25, 0.3) is 11.8 Å². The van der Waals surface area contributed by atoms with E-state index in [0.29, 0.717) is 27.6 Å². The van der Waals surface area contributed by atoms with Crippen LogP contribution in [-0.4, -0.2) is 36.1 Å². The molecule has 3 aromatic carbocycles. The van der Waals surface area contributed by atoms with Crippen LogP contribution in [0.4, 0.5) is 5.69 Å². The summed E-state index contributed by atoms with van der Waals surface area (Å²) in [5, 5.41) is 12.2. The number of allylic oxidation sites excluding steroid dienone is 3. The Morgan fingerprint density at radius 3 is 2.38 bits per heavy atom. The predicted octanol–water partition coefficient (Wildman–Crippen LogP) is 6.92. The quantitative estimate of drug-likeness (QED) is 0.287. The van der Waals surface area contributed by atoms with Gasteiger partial charge in [0, 0.05) is 10.9 Å². The average molecular weight is 600 g/mol. The minimum Gasteiger partial charge on any atom is -0.503 e. The van der Waals surface area contributed by atoms with Gasteiger partial charge in [-0.15, -0.1) is 0 Å². The fourth-order valence-corrected chi connectivity index (χ4v) is 6.44. The van der Waals surface area contributed by atoms with Crippen LogP contribution < -0.4 is 14.9 Å². The van der Waals surface area contributed by atoms with E-state index in [1.807, 2.05) is 6.08 Å². The SMILES string of the molecule is C=CC1=CCC2C(=O)N(Nc3ccc(Cl)cc3Cl)C(=O)C2(c2ccc(OC)cc2)C1c1cc(Cl)c(O)c(OC)c1. The Hall–Kier alpha value is -3.65. The molecule has 3 aromatic rings. The van der Waals surface area contributed by atoms with Crippen molar-refractivity contribution in [2.45, 2.75) is 17.8 Å². The molecule has 0 spiro atoms. The molecule has 1 fully saturated rings. The molecule has 3 atom stereocenters. The summed E-state index contributed by atoms with van der Waals surface area (Å²) >= 11 is 18.9. The van der Waals surface area contributed by atoms with Crippen molar-refractivity contribution in [1.29, 1.82) is 0 Å². The van der Waals surface area contributed by atoms with E-state index in [0.717, 1.165) is 10.6 Å². The van der Waals surface area contributed by atoms with Crippen LogP contribution in [0.2, 0.25) is 15.1 Å². The van der Waals surface area contributed by atoms with Crippen molar-refractivity contribution in [2.24, 2.45) is 5.92 Å². The first kappa shape index (κ1) is 27.9. The second-order valence-corrected chi connectivity index (χ2v) is 10.7. The van der Waals surface area contributed by atoms with Crippen LogP contribution in [-0.2, 0) is 15.0 Å². The van der Waals surface area contributed by atoms with Gasteiger partial charge in [-0.25, -0.2) is 0 Å². The molecular formula is C30H25Cl3N2O5. The highest BCUT2D eigenvalue weighted by Crippen LogP contribution is 2.58. The number of carbonyl (C=O) groups is 2. The smallest absolute Gasteiger partial charge is 0.260 e. The lowest BCUT2D eigenvalue weighted by Gasteiger charge is -2.43. The van der Waals surface area contributed by atoms with Crippen molar-refractivity contribution in [2.75, 3.05) is 19.6 Å². The number of methoxy groups -OCH3 is 2. The monoisotopic (exact) mass is 598 g/mol. The van der Waals surface area contributed by atoms with E-state index in [-0.39, 0.29) is 28.0 Å². The van der Waals surface area contributed by atoms with Gasteiger partial charge in [-0.1, -0.05) is 65.7 Å². The van der Waals surface area contributed by atoms with Gasteiger partial charge in [-0.3, -0.25) is 15.0 Å². The number of carbonyl (C=O) groups excluding carboxylic acids is 2. The number of fused-ring (bicyclic) bond motifs is 1. The number of hydrogen-bond acceptors (Lipinski definition) is 6. The standard InChI is InChI=1S/C30H25Cl3N2O5/c1-4-16-5-11-21-28(37)35(34-24-12-8-19(31)15-22(24)32)29(38)30(21,18-6-9-20(39-2)10-7-18)26(16)17-13-23(33)27(36)25(14-17)40-3/h4-10,12-15,21,26,34,36H,1,11H2,2-3H3. The number of nitrogens with one attached hydrogen (secondary N) is 1. The molecule has 2 aliphatic rings. The van der Waals surface area contributed by atoms with Crippen molar-refractivity contribution < 1.29 is 24.2 Å². The summed E-state index contributed by atoms with van der Waals surface area (Å²) in [5.74, 6) is -1.91. The summed E-state index contributed by atoms with van der Waals surface area (Å²) in [4.78, 5) is 28.8. The van der Waals surface area contributed by atoms with Crippen molar-refractivity contribution in [1.82, 2.24) is 5.01 Å². The molecule has 2 N–H and O–H groups in total. The molecule has 40 heavy (non-hydrogen) atoms. The number of halogens is 3. The molecule has 1 aliphatic heterocycles. The molecule has 1 aliphatic carbocycles.